The highest BCUT2D eigenvalue weighted by Gasteiger charge is 2.60. The fraction of sp³-hybridized carbons (Fsp3) is 0.800. The number of hydrogen-bond acceptors (Lipinski definition) is 4. The minimum atomic E-state index is -2.57. The van der Waals surface area contributed by atoms with Gasteiger partial charge in [0, 0.05) is 32.8 Å². The standard InChI is InChI=1S/C15H26O5Si/c1-14(13(16)17)10-12-6-8-15(14,11-12)7-5-9-21(18-2,19-3)20-4/h6,8,12H,5,7,9-11H2,1-4H3,(H,16,17). The van der Waals surface area contributed by atoms with Gasteiger partial charge in [0.25, 0.3) is 0 Å². The van der Waals surface area contributed by atoms with E-state index in [1.54, 1.807) is 21.3 Å². The van der Waals surface area contributed by atoms with Crippen molar-refractivity contribution in [3.63, 3.8) is 0 Å². The van der Waals surface area contributed by atoms with Crippen LogP contribution in [0.3, 0.4) is 0 Å². The zero-order valence-electron chi connectivity index (χ0n) is 13.3. The molecule has 21 heavy (non-hydrogen) atoms. The second-order valence-electron chi connectivity index (χ2n) is 6.47. The fourth-order valence-corrected chi connectivity index (χ4v) is 5.86. The summed E-state index contributed by atoms with van der Waals surface area (Å²) in [6.45, 7) is 1.90. The van der Waals surface area contributed by atoms with E-state index in [-0.39, 0.29) is 5.41 Å². The van der Waals surface area contributed by atoms with Gasteiger partial charge >= 0.3 is 14.8 Å². The van der Waals surface area contributed by atoms with Gasteiger partial charge in [0.15, 0.2) is 0 Å². The average Bonchev–Trinajstić information content (AvgIpc) is 3.00. The zero-order chi connectivity index (χ0) is 15.7. The Labute approximate surface area is 127 Å². The van der Waals surface area contributed by atoms with Crippen molar-refractivity contribution < 1.29 is 23.2 Å². The maximum absolute atomic E-state index is 11.7. The van der Waals surface area contributed by atoms with Crippen LogP contribution in [0.5, 0.6) is 0 Å². The number of carbonyl (C=O) groups is 1. The van der Waals surface area contributed by atoms with Crippen LogP contribution < -0.4 is 0 Å². The van der Waals surface area contributed by atoms with Gasteiger partial charge in [-0.15, -0.1) is 0 Å². The van der Waals surface area contributed by atoms with E-state index in [1.165, 1.54) is 0 Å². The lowest BCUT2D eigenvalue weighted by molar-refractivity contribution is -0.153. The molecule has 5 nitrogen and oxygen atoms in total. The van der Waals surface area contributed by atoms with Gasteiger partial charge in [0.1, 0.15) is 0 Å². The molecule has 2 rings (SSSR count). The molecule has 0 heterocycles. The molecule has 2 bridgehead atoms. The summed E-state index contributed by atoms with van der Waals surface area (Å²) in [5.74, 6) is -0.261. The van der Waals surface area contributed by atoms with Crippen molar-refractivity contribution in [3.05, 3.63) is 12.2 Å². The molecule has 3 unspecified atom stereocenters. The van der Waals surface area contributed by atoms with Crippen molar-refractivity contribution in [1.29, 1.82) is 0 Å². The van der Waals surface area contributed by atoms with Gasteiger partial charge in [-0.2, -0.15) is 0 Å². The van der Waals surface area contributed by atoms with E-state index in [0.29, 0.717) is 12.0 Å². The molecule has 1 N–H and O–H groups in total. The Balaban J connectivity index is 2.05. The van der Waals surface area contributed by atoms with Crippen LogP contribution in [0.25, 0.3) is 0 Å². The van der Waals surface area contributed by atoms with E-state index in [0.717, 1.165) is 25.7 Å². The molecule has 0 aromatic carbocycles. The molecule has 0 amide bonds. The third-order valence-electron chi connectivity index (χ3n) is 5.59. The van der Waals surface area contributed by atoms with Crippen molar-refractivity contribution in [2.45, 2.75) is 38.7 Å². The molecular formula is C15H26O5Si. The van der Waals surface area contributed by atoms with Crippen molar-refractivity contribution in [3.8, 4) is 0 Å². The Kier molecular flexibility index (Phi) is 4.63. The molecule has 1 saturated carbocycles. The molecular weight excluding hydrogens is 288 g/mol. The van der Waals surface area contributed by atoms with E-state index in [1.807, 2.05) is 6.92 Å². The molecule has 3 atom stereocenters. The SMILES string of the molecule is CO[Si](CCCC12C=CC(C1)CC2(C)C(=O)O)(OC)OC. The molecule has 0 spiro atoms. The average molecular weight is 314 g/mol. The Morgan fingerprint density at radius 3 is 2.38 bits per heavy atom. The van der Waals surface area contributed by atoms with Crippen LogP contribution in [-0.4, -0.2) is 41.2 Å². The van der Waals surface area contributed by atoms with Crippen LogP contribution in [0, 0.1) is 16.7 Å². The Hall–Kier alpha value is -0.693. The molecule has 1 fully saturated rings. The topological polar surface area (TPSA) is 65.0 Å². The first-order chi connectivity index (χ1) is 9.87. The third-order valence-corrected chi connectivity index (χ3v) is 8.43. The summed E-state index contributed by atoms with van der Waals surface area (Å²) in [4.78, 5) is 11.7. The quantitative estimate of drug-likeness (QED) is 0.551. The number of aliphatic carboxylic acids is 1. The van der Waals surface area contributed by atoms with E-state index < -0.39 is 20.2 Å². The number of fused-ring (bicyclic) bond motifs is 2. The molecule has 0 radical (unpaired) electrons. The smallest absolute Gasteiger partial charge is 0.481 e. The molecule has 2 aliphatic rings. The third kappa shape index (κ3) is 2.58. The van der Waals surface area contributed by atoms with Crippen molar-refractivity contribution in [2.75, 3.05) is 21.3 Å². The Bertz CT molecular complexity index is 426. The summed E-state index contributed by atoms with van der Waals surface area (Å²) in [5, 5.41) is 9.66. The number of rotatable bonds is 8. The largest absolute Gasteiger partial charge is 0.500 e. The first kappa shape index (κ1) is 16.7. The van der Waals surface area contributed by atoms with Crippen molar-refractivity contribution in [1.82, 2.24) is 0 Å². The van der Waals surface area contributed by atoms with Crippen LogP contribution in [0.2, 0.25) is 6.04 Å². The van der Waals surface area contributed by atoms with Crippen LogP contribution in [0.15, 0.2) is 12.2 Å². The van der Waals surface area contributed by atoms with Gasteiger partial charge in [-0.05, 0) is 38.5 Å². The molecule has 0 saturated heterocycles. The van der Waals surface area contributed by atoms with E-state index in [4.69, 9.17) is 13.3 Å². The molecule has 0 aromatic rings. The normalized spacial score (nSPS) is 34.6. The van der Waals surface area contributed by atoms with Gasteiger partial charge < -0.3 is 18.4 Å². The lowest BCUT2D eigenvalue weighted by Crippen LogP contribution is -2.44. The lowest BCUT2D eigenvalue weighted by atomic mass is 9.64. The van der Waals surface area contributed by atoms with Gasteiger partial charge in [-0.1, -0.05) is 12.2 Å². The molecule has 120 valence electrons. The summed E-state index contributed by atoms with van der Waals surface area (Å²) in [6.07, 6.45) is 7.73. The first-order valence-electron chi connectivity index (χ1n) is 7.45. The predicted molar refractivity (Wildman–Crippen MR) is 80.9 cm³/mol. The Morgan fingerprint density at radius 1 is 1.29 bits per heavy atom. The second kappa shape index (κ2) is 5.83. The highest BCUT2D eigenvalue weighted by atomic mass is 28.4. The number of carboxylic acid groups (broad SMARTS) is 1. The van der Waals surface area contributed by atoms with E-state index in [9.17, 15) is 9.90 Å². The monoisotopic (exact) mass is 314 g/mol. The molecule has 6 heteroatoms. The van der Waals surface area contributed by atoms with Crippen LogP contribution in [-0.2, 0) is 18.1 Å². The zero-order valence-corrected chi connectivity index (χ0v) is 14.3. The van der Waals surface area contributed by atoms with Crippen molar-refractivity contribution in [2.24, 2.45) is 16.7 Å². The number of hydrogen-bond donors (Lipinski definition) is 1. The molecule has 0 aromatic heterocycles. The first-order valence-corrected chi connectivity index (χ1v) is 9.38. The summed E-state index contributed by atoms with van der Waals surface area (Å²) < 4.78 is 16.3. The maximum atomic E-state index is 11.7. The predicted octanol–water partition coefficient (Wildman–Crippen LogP) is 2.70. The Morgan fingerprint density at radius 2 is 1.90 bits per heavy atom. The van der Waals surface area contributed by atoms with Crippen LogP contribution in [0.4, 0.5) is 0 Å². The summed E-state index contributed by atoms with van der Waals surface area (Å²) >= 11 is 0. The van der Waals surface area contributed by atoms with Crippen molar-refractivity contribution >= 4 is 14.8 Å². The van der Waals surface area contributed by atoms with E-state index >= 15 is 0 Å². The van der Waals surface area contributed by atoms with Gasteiger partial charge in [-0.3, -0.25) is 4.79 Å². The second-order valence-corrected chi connectivity index (χ2v) is 9.56. The van der Waals surface area contributed by atoms with E-state index in [2.05, 4.69) is 12.2 Å². The summed E-state index contributed by atoms with van der Waals surface area (Å²) in [6, 6.07) is 0.715. The highest BCUT2D eigenvalue weighted by molar-refractivity contribution is 6.60. The van der Waals surface area contributed by atoms with Gasteiger partial charge in [-0.25, -0.2) is 0 Å². The van der Waals surface area contributed by atoms with Crippen LogP contribution >= 0.6 is 0 Å². The molecule has 0 aliphatic heterocycles. The number of allylic oxidation sites excluding steroid dienone is 2. The summed E-state index contributed by atoms with van der Waals surface area (Å²) in [7, 11) is 2.27. The number of carboxylic acids is 1. The minimum Gasteiger partial charge on any atom is -0.481 e. The highest BCUT2D eigenvalue weighted by Crippen LogP contribution is 2.63. The minimum absolute atomic E-state index is 0.223. The van der Waals surface area contributed by atoms with Crippen LogP contribution in [0.1, 0.15) is 32.6 Å². The fourth-order valence-electron chi connectivity index (χ4n) is 4.14. The van der Waals surface area contributed by atoms with Gasteiger partial charge in [0.2, 0.25) is 0 Å². The molecule has 2 aliphatic carbocycles. The van der Waals surface area contributed by atoms with Gasteiger partial charge in [0.05, 0.1) is 5.41 Å². The maximum Gasteiger partial charge on any atom is 0.500 e. The summed E-state index contributed by atoms with van der Waals surface area (Å²) in [5.41, 5.74) is -0.872. The lowest BCUT2D eigenvalue weighted by Gasteiger charge is -2.39.